The summed E-state index contributed by atoms with van der Waals surface area (Å²) in [5, 5.41) is 0. The van der Waals surface area contributed by atoms with Gasteiger partial charge in [0.05, 0.1) is 0 Å². The van der Waals surface area contributed by atoms with E-state index >= 15 is 0 Å². The second-order valence-corrected chi connectivity index (χ2v) is 1.38. The number of carbonyl (C=O) groups is 4. The van der Waals surface area contributed by atoms with Gasteiger partial charge in [0.25, 0.3) is 0 Å². The van der Waals surface area contributed by atoms with Gasteiger partial charge in [-0.15, -0.1) is 0 Å². The Labute approximate surface area is 56.0 Å². The van der Waals surface area contributed by atoms with Gasteiger partial charge in [0.15, 0.2) is 0 Å². The summed E-state index contributed by atoms with van der Waals surface area (Å²) in [6, 6.07) is 0. The number of aldehydes is 1. The number of rotatable bonds is 2. The van der Waals surface area contributed by atoms with Gasteiger partial charge in [-0.1, -0.05) is 0 Å². The fourth-order valence-electron chi connectivity index (χ4n) is 0.187. The van der Waals surface area contributed by atoms with Crippen molar-refractivity contribution in [1.82, 2.24) is 0 Å². The molecule has 0 aromatic rings. The van der Waals surface area contributed by atoms with Crippen LogP contribution in [0.25, 0.3) is 0 Å². The summed E-state index contributed by atoms with van der Waals surface area (Å²) in [5.74, 6) is -3.60. The summed E-state index contributed by atoms with van der Waals surface area (Å²) in [7, 11) is 0. The number of Topliss-reactive ketones (excluding diaryl/α,β-unsaturated/α-hetero) is 1. The molecule has 0 saturated carbocycles. The standard InChI is InChI=1S/C5H4O5/c1-3(7)5(9)10-4(8)2-6/h2H,1H3. The molecule has 0 radical (unpaired) electrons. The largest absolute Gasteiger partial charge is 0.382 e. The first-order chi connectivity index (χ1) is 4.57. The summed E-state index contributed by atoms with van der Waals surface area (Å²) in [5.41, 5.74) is 0. The average Bonchev–Trinajstić information content (AvgIpc) is 1.87. The highest BCUT2D eigenvalue weighted by atomic mass is 16.6. The zero-order chi connectivity index (χ0) is 8.15. The SMILES string of the molecule is CC(=O)C(=O)OC(=O)C=O. The summed E-state index contributed by atoms with van der Waals surface area (Å²) in [6.45, 7) is 0.931. The van der Waals surface area contributed by atoms with E-state index in [1.165, 1.54) is 0 Å². The summed E-state index contributed by atoms with van der Waals surface area (Å²) in [6.07, 6.45) is -0.194. The quantitative estimate of drug-likeness (QED) is 0.211. The van der Waals surface area contributed by atoms with Crippen molar-refractivity contribution in [1.29, 1.82) is 0 Å². The fraction of sp³-hybridized carbons (Fsp3) is 0.200. The highest BCUT2D eigenvalue weighted by Gasteiger charge is 2.13. The smallest absolute Gasteiger partial charge is 0.382 e. The molecule has 0 heterocycles. The third-order valence-corrected chi connectivity index (χ3v) is 0.577. The monoisotopic (exact) mass is 144 g/mol. The van der Waals surface area contributed by atoms with Crippen LogP contribution in [0.1, 0.15) is 6.92 Å². The number of ether oxygens (including phenoxy) is 1. The van der Waals surface area contributed by atoms with E-state index in [2.05, 4.69) is 4.74 Å². The van der Waals surface area contributed by atoms with Gasteiger partial charge in [-0.25, -0.2) is 9.59 Å². The van der Waals surface area contributed by atoms with Crippen LogP contribution in [0.15, 0.2) is 0 Å². The van der Waals surface area contributed by atoms with E-state index in [1.54, 1.807) is 0 Å². The van der Waals surface area contributed by atoms with Crippen LogP contribution >= 0.6 is 0 Å². The van der Waals surface area contributed by atoms with Gasteiger partial charge in [-0.05, 0) is 0 Å². The summed E-state index contributed by atoms with van der Waals surface area (Å²) in [4.78, 5) is 39.7. The Kier molecular flexibility index (Phi) is 2.96. The second-order valence-electron chi connectivity index (χ2n) is 1.38. The molecule has 10 heavy (non-hydrogen) atoms. The molecule has 0 amide bonds. The first-order valence-electron chi connectivity index (χ1n) is 2.29. The Morgan fingerprint density at radius 1 is 1.30 bits per heavy atom. The maximum atomic E-state index is 10.2. The molecule has 0 saturated heterocycles. The zero-order valence-electron chi connectivity index (χ0n) is 5.12. The average molecular weight is 144 g/mol. The van der Waals surface area contributed by atoms with Crippen molar-refractivity contribution in [2.45, 2.75) is 6.92 Å². The molecule has 0 aromatic heterocycles. The van der Waals surface area contributed by atoms with Crippen molar-refractivity contribution < 1.29 is 23.9 Å². The van der Waals surface area contributed by atoms with Crippen LogP contribution in [0, 0.1) is 0 Å². The molecule has 54 valence electrons. The second kappa shape index (κ2) is 3.49. The van der Waals surface area contributed by atoms with Gasteiger partial charge >= 0.3 is 11.9 Å². The summed E-state index contributed by atoms with van der Waals surface area (Å²) < 4.78 is 3.67. The van der Waals surface area contributed by atoms with Gasteiger partial charge in [0.2, 0.25) is 12.1 Å². The Balaban J connectivity index is 3.92. The number of esters is 2. The normalized spacial score (nSPS) is 8.10. The van der Waals surface area contributed by atoms with Crippen LogP contribution in [0.5, 0.6) is 0 Å². The van der Waals surface area contributed by atoms with E-state index in [1.807, 2.05) is 0 Å². The molecule has 5 heteroatoms. The molecule has 0 atom stereocenters. The van der Waals surface area contributed by atoms with E-state index in [0.717, 1.165) is 6.92 Å². The minimum absolute atomic E-state index is 0.194. The van der Waals surface area contributed by atoms with E-state index in [4.69, 9.17) is 0 Å². The van der Waals surface area contributed by atoms with Gasteiger partial charge in [-0.2, -0.15) is 0 Å². The van der Waals surface area contributed by atoms with E-state index in [-0.39, 0.29) is 6.29 Å². The molecule has 0 N–H and O–H groups in total. The number of carbonyl (C=O) groups excluding carboxylic acids is 4. The van der Waals surface area contributed by atoms with E-state index in [9.17, 15) is 19.2 Å². The maximum absolute atomic E-state index is 10.2. The lowest BCUT2D eigenvalue weighted by Gasteiger charge is -1.90. The molecule has 5 nitrogen and oxygen atoms in total. The first-order valence-corrected chi connectivity index (χ1v) is 2.29. The Hall–Kier alpha value is -1.52. The predicted octanol–water partition coefficient (Wildman–Crippen LogP) is -1.16. The molecule has 0 fully saturated rings. The Morgan fingerprint density at radius 2 is 1.80 bits per heavy atom. The van der Waals surface area contributed by atoms with Crippen molar-refractivity contribution in [2.75, 3.05) is 0 Å². The third-order valence-electron chi connectivity index (χ3n) is 0.577. The lowest BCUT2D eigenvalue weighted by molar-refractivity contribution is -0.164. The maximum Gasteiger partial charge on any atom is 0.382 e. The fourth-order valence-corrected chi connectivity index (χ4v) is 0.187. The molecule has 0 spiro atoms. The van der Waals surface area contributed by atoms with Crippen molar-refractivity contribution in [3.63, 3.8) is 0 Å². The highest BCUT2D eigenvalue weighted by molar-refractivity contribution is 6.37. The number of ketones is 1. The van der Waals surface area contributed by atoms with Crippen molar-refractivity contribution in [3.8, 4) is 0 Å². The molecule has 0 rings (SSSR count). The van der Waals surface area contributed by atoms with Gasteiger partial charge in [0.1, 0.15) is 0 Å². The first kappa shape index (κ1) is 8.48. The lowest BCUT2D eigenvalue weighted by Crippen LogP contribution is -2.19. The minimum Gasteiger partial charge on any atom is -0.382 e. The number of hydrogen-bond acceptors (Lipinski definition) is 5. The molecule has 0 aromatic carbocycles. The van der Waals surface area contributed by atoms with E-state index in [0.29, 0.717) is 0 Å². The highest BCUT2D eigenvalue weighted by Crippen LogP contribution is 1.78. The number of hydrogen-bond donors (Lipinski definition) is 0. The molecular weight excluding hydrogens is 140 g/mol. The lowest BCUT2D eigenvalue weighted by atomic mass is 10.5. The van der Waals surface area contributed by atoms with Crippen molar-refractivity contribution in [3.05, 3.63) is 0 Å². The van der Waals surface area contributed by atoms with Crippen LogP contribution < -0.4 is 0 Å². The predicted molar refractivity (Wildman–Crippen MR) is 27.8 cm³/mol. The van der Waals surface area contributed by atoms with Gasteiger partial charge in [-0.3, -0.25) is 9.59 Å². The van der Waals surface area contributed by atoms with Crippen LogP contribution in [0.2, 0.25) is 0 Å². The van der Waals surface area contributed by atoms with Crippen molar-refractivity contribution in [2.24, 2.45) is 0 Å². The Morgan fingerprint density at radius 3 is 2.10 bits per heavy atom. The summed E-state index contributed by atoms with van der Waals surface area (Å²) >= 11 is 0. The molecule has 0 aliphatic carbocycles. The van der Waals surface area contributed by atoms with Gasteiger partial charge in [0, 0.05) is 6.92 Å². The van der Waals surface area contributed by atoms with Gasteiger partial charge < -0.3 is 4.74 Å². The minimum atomic E-state index is -1.36. The molecule has 0 aliphatic heterocycles. The van der Waals surface area contributed by atoms with Crippen LogP contribution in [0.4, 0.5) is 0 Å². The zero-order valence-corrected chi connectivity index (χ0v) is 5.12. The molecule has 0 aliphatic rings. The van der Waals surface area contributed by atoms with Crippen LogP contribution in [-0.4, -0.2) is 24.0 Å². The van der Waals surface area contributed by atoms with Crippen LogP contribution in [-0.2, 0) is 23.9 Å². The van der Waals surface area contributed by atoms with Crippen LogP contribution in [0.3, 0.4) is 0 Å². The third kappa shape index (κ3) is 2.71. The molecule has 0 bridgehead atoms. The molecular formula is C5H4O5. The Bertz CT molecular complexity index is 192. The van der Waals surface area contributed by atoms with Crippen molar-refractivity contribution >= 4 is 24.0 Å². The van der Waals surface area contributed by atoms with E-state index < -0.39 is 17.7 Å². The molecule has 0 unspecified atom stereocenters. The topological polar surface area (TPSA) is 77.5 Å².